The number of aliphatic hydroxyl groups is 1. The van der Waals surface area contributed by atoms with Gasteiger partial charge in [-0.05, 0) is 98.2 Å². The maximum absolute atomic E-state index is 12.8. The van der Waals surface area contributed by atoms with Gasteiger partial charge in [0, 0.05) is 11.8 Å². The summed E-state index contributed by atoms with van der Waals surface area (Å²) < 4.78 is 0. The van der Waals surface area contributed by atoms with E-state index in [4.69, 9.17) is 0 Å². The summed E-state index contributed by atoms with van der Waals surface area (Å²) in [7, 11) is 0. The highest BCUT2D eigenvalue weighted by molar-refractivity contribution is 5.85. The summed E-state index contributed by atoms with van der Waals surface area (Å²) in [6.07, 6.45) is 15.5. The van der Waals surface area contributed by atoms with Gasteiger partial charge in [0.25, 0.3) is 0 Å². The Morgan fingerprint density at radius 3 is 2.56 bits per heavy atom. The van der Waals surface area contributed by atoms with Gasteiger partial charge in [-0.2, -0.15) is 0 Å². The Balaban J connectivity index is 1.60. The third-order valence-corrected chi connectivity index (χ3v) is 11.7. The number of aliphatic hydroxyl groups excluding tert-OH is 1. The molecular formula is C30H48O2. The standard InChI is InChI=1S/C30H48O2/c1-20(19-31)9-8-10-21(2)22-13-17-30(7)24-11-12-25-27(3,4)26(32)15-16-28(25,5)23(24)14-18-29(22,30)6/h9,11,21-23,25,31H,8,10,12-19H2,1-7H3/b20-9-/t21-,22-,23-,25-,28+,29-,30+/m0/s1. The van der Waals surface area contributed by atoms with Crippen LogP contribution in [0.25, 0.3) is 0 Å². The lowest BCUT2D eigenvalue weighted by atomic mass is 9.41. The predicted molar refractivity (Wildman–Crippen MR) is 133 cm³/mol. The van der Waals surface area contributed by atoms with Gasteiger partial charge in [-0.3, -0.25) is 4.79 Å². The van der Waals surface area contributed by atoms with Crippen LogP contribution >= 0.6 is 0 Å². The number of hydrogen-bond acceptors (Lipinski definition) is 2. The molecule has 0 bridgehead atoms. The third-order valence-electron chi connectivity index (χ3n) is 11.7. The largest absolute Gasteiger partial charge is 0.392 e. The number of hydrogen-bond donors (Lipinski definition) is 1. The Labute approximate surface area is 197 Å². The van der Waals surface area contributed by atoms with Crippen molar-refractivity contribution in [3.05, 3.63) is 23.3 Å². The molecule has 0 aromatic carbocycles. The highest BCUT2D eigenvalue weighted by Gasteiger charge is 2.65. The summed E-state index contributed by atoms with van der Waals surface area (Å²) in [5, 5.41) is 9.31. The summed E-state index contributed by atoms with van der Waals surface area (Å²) in [6.45, 7) is 16.9. The minimum Gasteiger partial charge on any atom is -0.392 e. The maximum atomic E-state index is 12.8. The molecule has 0 aromatic rings. The van der Waals surface area contributed by atoms with Crippen molar-refractivity contribution in [2.75, 3.05) is 6.61 Å². The molecule has 2 heteroatoms. The zero-order valence-electron chi connectivity index (χ0n) is 21.9. The van der Waals surface area contributed by atoms with Crippen LogP contribution in [0.15, 0.2) is 23.3 Å². The van der Waals surface area contributed by atoms with E-state index >= 15 is 0 Å². The van der Waals surface area contributed by atoms with Gasteiger partial charge in [0.15, 0.2) is 0 Å². The van der Waals surface area contributed by atoms with Gasteiger partial charge in [0.05, 0.1) is 6.61 Å². The fourth-order valence-electron chi connectivity index (χ4n) is 9.32. The van der Waals surface area contributed by atoms with Gasteiger partial charge < -0.3 is 5.11 Å². The molecule has 3 fully saturated rings. The van der Waals surface area contributed by atoms with Gasteiger partial charge in [0.2, 0.25) is 0 Å². The Morgan fingerprint density at radius 1 is 1.16 bits per heavy atom. The minimum atomic E-state index is -0.177. The highest BCUT2D eigenvalue weighted by atomic mass is 16.3. The first kappa shape index (κ1) is 24.2. The zero-order chi connectivity index (χ0) is 23.5. The number of carbonyl (C=O) groups is 1. The molecule has 2 nitrogen and oxygen atoms in total. The fraction of sp³-hybridized carbons (Fsp3) is 0.833. The molecule has 32 heavy (non-hydrogen) atoms. The first-order valence-corrected chi connectivity index (χ1v) is 13.4. The molecule has 7 atom stereocenters. The van der Waals surface area contributed by atoms with E-state index in [-0.39, 0.29) is 17.4 Å². The van der Waals surface area contributed by atoms with Crippen LogP contribution in [-0.4, -0.2) is 17.5 Å². The monoisotopic (exact) mass is 440 g/mol. The molecule has 0 spiro atoms. The van der Waals surface area contributed by atoms with Crippen LogP contribution in [0.3, 0.4) is 0 Å². The van der Waals surface area contributed by atoms with Crippen molar-refractivity contribution < 1.29 is 9.90 Å². The van der Waals surface area contributed by atoms with Crippen molar-refractivity contribution in [1.29, 1.82) is 0 Å². The average molecular weight is 441 g/mol. The molecule has 0 unspecified atom stereocenters. The average Bonchev–Trinajstić information content (AvgIpc) is 3.02. The van der Waals surface area contributed by atoms with Crippen LogP contribution in [0.4, 0.5) is 0 Å². The SMILES string of the molecule is C/C(=C/CC[C@H](C)[C@@H]1CC[C@]2(C)C3=CC[C@H]4C(C)(C)C(=O)CC[C@]4(C)[C@H]3CC[C@@]12C)CO. The van der Waals surface area contributed by atoms with Crippen molar-refractivity contribution in [2.45, 2.75) is 106 Å². The molecule has 0 heterocycles. The van der Waals surface area contributed by atoms with E-state index in [1.54, 1.807) is 5.57 Å². The molecular weight excluding hydrogens is 392 g/mol. The molecule has 0 amide bonds. The van der Waals surface area contributed by atoms with Crippen LogP contribution in [-0.2, 0) is 4.79 Å². The summed E-state index contributed by atoms with van der Waals surface area (Å²) in [6, 6.07) is 0. The molecule has 4 aliphatic carbocycles. The Kier molecular flexibility index (Phi) is 6.14. The van der Waals surface area contributed by atoms with Gasteiger partial charge in [-0.25, -0.2) is 0 Å². The van der Waals surface area contributed by atoms with Crippen molar-refractivity contribution in [3.63, 3.8) is 0 Å². The summed E-state index contributed by atoms with van der Waals surface area (Å²) in [5.41, 5.74) is 3.68. The molecule has 4 aliphatic rings. The molecule has 3 saturated carbocycles. The van der Waals surface area contributed by atoms with Gasteiger partial charge >= 0.3 is 0 Å². The summed E-state index contributed by atoms with van der Waals surface area (Å²) in [5.74, 6) is 3.16. The van der Waals surface area contributed by atoms with E-state index in [1.807, 2.05) is 6.92 Å². The molecule has 4 rings (SSSR count). The lowest BCUT2D eigenvalue weighted by Gasteiger charge is -2.63. The molecule has 180 valence electrons. The Hall–Kier alpha value is -0.890. The van der Waals surface area contributed by atoms with Crippen LogP contribution in [0, 0.1) is 45.3 Å². The number of ketones is 1. The quantitative estimate of drug-likeness (QED) is 0.449. The zero-order valence-corrected chi connectivity index (χ0v) is 21.9. The topological polar surface area (TPSA) is 37.3 Å². The molecule has 0 aliphatic heterocycles. The number of carbonyl (C=O) groups excluding carboxylic acids is 1. The Morgan fingerprint density at radius 2 is 1.88 bits per heavy atom. The van der Waals surface area contributed by atoms with E-state index in [1.165, 1.54) is 32.1 Å². The molecule has 0 radical (unpaired) electrons. The summed E-state index contributed by atoms with van der Waals surface area (Å²) in [4.78, 5) is 12.8. The molecule has 0 saturated heterocycles. The van der Waals surface area contributed by atoms with Crippen LogP contribution in [0.1, 0.15) is 106 Å². The first-order chi connectivity index (χ1) is 14.9. The lowest BCUT2D eigenvalue weighted by Crippen LogP contribution is -2.57. The Bertz CT molecular complexity index is 819. The third kappa shape index (κ3) is 3.33. The van der Waals surface area contributed by atoms with E-state index in [0.29, 0.717) is 28.4 Å². The van der Waals surface area contributed by atoms with Gasteiger partial charge in [-0.15, -0.1) is 0 Å². The van der Waals surface area contributed by atoms with Gasteiger partial charge in [-0.1, -0.05) is 64.8 Å². The van der Waals surface area contributed by atoms with Crippen LogP contribution in [0.5, 0.6) is 0 Å². The number of allylic oxidation sites excluding steroid dienone is 3. The first-order valence-electron chi connectivity index (χ1n) is 13.4. The van der Waals surface area contributed by atoms with Crippen molar-refractivity contribution in [3.8, 4) is 0 Å². The fourth-order valence-corrected chi connectivity index (χ4v) is 9.32. The highest BCUT2D eigenvalue weighted by Crippen LogP contribution is 2.73. The number of Topliss-reactive ketones (excluding diaryl/α,β-unsaturated/α-hetero) is 1. The van der Waals surface area contributed by atoms with Crippen molar-refractivity contribution >= 4 is 5.78 Å². The maximum Gasteiger partial charge on any atom is 0.138 e. The van der Waals surface area contributed by atoms with E-state index in [0.717, 1.165) is 43.1 Å². The second kappa shape index (κ2) is 8.10. The smallest absolute Gasteiger partial charge is 0.138 e. The predicted octanol–water partition coefficient (Wildman–Crippen LogP) is 7.52. The van der Waals surface area contributed by atoms with E-state index < -0.39 is 0 Å². The lowest BCUT2D eigenvalue weighted by molar-refractivity contribution is -0.146. The van der Waals surface area contributed by atoms with Crippen molar-refractivity contribution in [2.24, 2.45) is 45.3 Å². The van der Waals surface area contributed by atoms with Gasteiger partial charge in [0.1, 0.15) is 5.78 Å². The second-order valence-corrected chi connectivity index (χ2v) is 13.3. The normalized spacial score (nSPS) is 44.4. The molecule has 1 N–H and O–H groups in total. The van der Waals surface area contributed by atoms with E-state index in [2.05, 4.69) is 53.7 Å². The minimum absolute atomic E-state index is 0.177. The van der Waals surface area contributed by atoms with Crippen LogP contribution in [0.2, 0.25) is 0 Å². The molecule has 0 aromatic heterocycles. The van der Waals surface area contributed by atoms with E-state index in [9.17, 15) is 9.90 Å². The number of rotatable bonds is 5. The number of fused-ring (bicyclic) bond motifs is 5. The second-order valence-electron chi connectivity index (χ2n) is 13.3. The summed E-state index contributed by atoms with van der Waals surface area (Å²) >= 11 is 0. The van der Waals surface area contributed by atoms with Crippen molar-refractivity contribution in [1.82, 2.24) is 0 Å². The van der Waals surface area contributed by atoms with Crippen LogP contribution < -0.4 is 0 Å².